The summed E-state index contributed by atoms with van der Waals surface area (Å²) >= 11 is 6.13. The van der Waals surface area contributed by atoms with Gasteiger partial charge in [-0.25, -0.2) is 9.78 Å². The largest absolute Gasteiger partial charge is 0.415 e. The first-order valence-corrected chi connectivity index (χ1v) is 13.5. The molecular formula is C28H34ClN5O4. The van der Waals surface area contributed by atoms with Gasteiger partial charge in [-0.3, -0.25) is 4.79 Å². The third-order valence-electron chi connectivity index (χ3n) is 7.49. The van der Waals surface area contributed by atoms with Crippen molar-refractivity contribution in [3.63, 3.8) is 0 Å². The molecule has 2 unspecified atom stereocenters. The number of para-hydroxylation sites is 3. The van der Waals surface area contributed by atoms with Gasteiger partial charge < -0.3 is 29.6 Å². The molecular weight excluding hydrogens is 506 g/mol. The van der Waals surface area contributed by atoms with Crippen molar-refractivity contribution >= 4 is 34.6 Å². The van der Waals surface area contributed by atoms with Crippen LogP contribution in [0.5, 0.6) is 5.75 Å². The zero-order chi connectivity index (χ0) is 26.6. The molecule has 38 heavy (non-hydrogen) atoms. The Morgan fingerprint density at radius 3 is 2.68 bits per heavy atom. The lowest BCUT2D eigenvalue weighted by atomic mass is 9.94. The number of fused-ring (bicyclic) bond motifs is 1. The Morgan fingerprint density at radius 2 is 1.87 bits per heavy atom. The number of methoxy groups -OCH3 is 1. The number of carbonyl (C=O) groups is 2. The van der Waals surface area contributed by atoms with E-state index < -0.39 is 18.1 Å². The van der Waals surface area contributed by atoms with E-state index in [1.807, 2.05) is 23.1 Å². The van der Waals surface area contributed by atoms with Gasteiger partial charge in [0.05, 0.1) is 22.0 Å². The summed E-state index contributed by atoms with van der Waals surface area (Å²) in [6.07, 6.45) is 2.18. The van der Waals surface area contributed by atoms with Gasteiger partial charge in [-0.2, -0.15) is 0 Å². The van der Waals surface area contributed by atoms with Crippen LogP contribution < -0.4 is 10.5 Å². The number of likely N-dealkylation sites (tertiary alicyclic amines) is 2. The maximum Gasteiger partial charge on any atom is 0.415 e. The fourth-order valence-corrected chi connectivity index (χ4v) is 5.73. The number of benzene rings is 2. The highest BCUT2D eigenvalue weighted by molar-refractivity contribution is 6.32. The molecule has 2 aliphatic rings. The second kappa shape index (κ2) is 11.7. The maximum absolute atomic E-state index is 13.6. The van der Waals surface area contributed by atoms with Gasteiger partial charge in [-0.15, -0.1) is 0 Å². The minimum absolute atomic E-state index is 0.0164. The van der Waals surface area contributed by atoms with Crippen molar-refractivity contribution in [1.29, 1.82) is 0 Å². The predicted molar refractivity (Wildman–Crippen MR) is 145 cm³/mol. The molecule has 3 atom stereocenters. The summed E-state index contributed by atoms with van der Waals surface area (Å²) in [4.78, 5) is 34.8. The molecule has 10 heteroatoms. The molecule has 1 aromatic heterocycles. The van der Waals surface area contributed by atoms with Gasteiger partial charge in [0.25, 0.3) is 0 Å². The quantitative estimate of drug-likeness (QED) is 0.457. The van der Waals surface area contributed by atoms with E-state index >= 15 is 0 Å². The smallest absolute Gasteiger partial charge is 0.409 e. The topological polar surface area (TPSA) is 103 Å². The van der Waals surface area contributed by atoms with Crippen molar-refractivity contribution in [2.24, 2.45) is 11.7 Å². The van der Waals surface area contributed by atoms with E-state index in [1.165, 1.54) is 4.90 Å². The Labute approximate surface area is 227 Å². The SMILES string of the molecule is COCCCn1c([C@@H]2CCCN(C(=O)C3CN(C(=O)Oc4ccccc4Cl)CC3N)C2)nc2ccccc21. The number of halogens is 1. The highest BCUT2D eigenvalue weighted by atomic mass is 35.5. The fraction of sp³-hybridized carbons (Fsp3) is 0.464. The van der Waals surface area contributed by atoms with Gasteiger partial charge in [0.2, 0.25) is 5.91 Å². The number of nitrogens with two attached hydrogens (primary N) is 1. The van der Waals surface area contributed by atoms with Gasteiger partial charge >= 0.3 is 6.09 Å². The number of nitrogens with zero attached hydrogens (tertiary/aromatic N) is 4. The second-order valence-electron chi connectivity index (χ2n) is 10.1. The van der Waals surface area contributed by atoms with E-state index in [1.54, 1.807) is 31.4 Å². The third kappa shape index (κ3) is 5.50. The van der Waals surface area contributed by atoms with E-state index in [0.717, 1.165) is 42.7 Å². The van der Waals surface area contributed by atoms with E-state index in [2.05, 4.69) is 10.6 Å². The van der Waals surface area contributed by atoms with E-state index in [-0.39, 0.29) is 30.7 Å². The predicted octanol–water partition coefficient (Wildman–Crippen LogP) is 3.89. The first-order chi connectivity index (χ1) is 18.5. The molecule has 3 heterocycles. The number of aromatic nitrogens is 2. The number of imidazole rings is 1. The van der Waals surface area contributed by atoms with Gasteiger partial charge in [0.1, 0.15) is 5.82 Å². The van der Waals surface area contributed by atoms with Crippen LogP contribution in [0.4, 0.5) is 4.79 Å². The van der Waals surface area contributed by atoms with Crippen LogP contribution in [-0.4, -0.2) is 77.3 Å². The van der Waals surface area contributed by atoms with Crippen LogP contribution in [-0.2, 0) is 16.1 Å². The van der Waals surface area contributed by atoms with Gasteiger partial charge in [0.15, 0.2) is 5.75 Å². The Morgan fingerprint density at radius 1 is 1.08 bits per heavy atom. The number of ether oxygens (including phenoxy) is 2. The molecule has 202 valence electrons. The first-order valence-electron chi connectivity index (χ1n) is 13.2. The molecule has 9 nitrogen and oxygen atoms in total. The average molecular weight is 540 g/mol. The highest BCUT2D eigenvalue weighted by Gasteiger charge is 2.41. The van der Waals surface area contributed by atoms with Gasteiger partial charge in [-0.1, -0.05) is 35.9 Å². The summed E-state index contributed by atoms with van der Waals surface area (Å²) in [5, 5.41) is 0.351. The minimum atomic E-state index is -0.551. The average Bonchev–Trinajstić information content (AvgIpc) is 3.50. The lowest BCUT2D eigenvalue weighted by molar-refractivity contribution is -0.136. The highest BCUT2D eigenvalue weighted by Crippen LogP contribution is 2.32. The van der Waals surface area contributed by atoms with E-state index in [9.17, 15) is 9.59 Å². The molecule has 2 aromatic carbocycles. The van der Waals surface area contributed by atoms with Crippen LogP contribution in [0, 0.1) is 5.92 Å². The lowest BCUT2D eigenvalue weighted by Gasteiger charge is -2.34. The Hall–Kier alpha value is -3.14. The summed E-state index contributed by atoms with van der Waals surface area (Å²) in [6.45, 7) is 3.22. The molecule has 3 aromatic rings. The van der Waals surface area contributed by atoms with Crippen molar-refractivity contribution in [3.8, 4) is 5.75 Å². The molecule has 5 rings (SSSR count). The minimum Gasteiger partial charge on any atom is -0.409 e. The zero-order valence-electron chi connectivity index (χ0n) is 21.6. The van der Waals surface area contributed by atoms with Crippen molar-refractivity contribution in [2.45, 2.75) is 37.8 Å². The first kappa shape index (κ1) is 26.5. The van der Waals surface area contributed by atoms with Crippen molar-refractivity contribution in [3.05, 3.63) is 59.4 Å². The van der Waals surface area contributed by atoms with Crippen LogP contribution >= 0.6 is 11.6 Å². The molecule has 0 radical (unpaired) electrons. The molecule has 2 aliphatic heterocycles. The molecule has 2 N–H and O–H groups in total. The van der Waals surface area contributed by atoms with Crippen LogP contribution in [0.2, 0.25) is 5.02 Å². The lowest BCUT2D eigenvalue weighted by Crippen LogP contribution is -2.47. The number of hydrogen-bond donors (Lipinski definition) is 1. The van der Waals surface area contributed by atoms with E-state index in [0.29, 0.717) is 24.7 Å². The summed E-state index contributed by atoms with van der Waals surface area (Å²) in [5.74, 6) is 0.933. The Kier molecular flexibility index (Phi) is 8.16. The third-order valence-corrected chi connectivity index (χ3v) is 7.80. The maximum atomic E-state index is 13.6. The van der Waals surface area contributed by atoms with E-state index in [4.69, 9.17) is 31.8 Å². The molecule has 2 amide bonds. The summed E-state index contributed by atoms with van der Waals surface area (Å²) < 4.78 is 13.0. The number of carbonyl (C=O) groups excluding carboxylic acids is 2. The van der Waals surface area contributed by atoms with Crippen molar-refractivity contribution < 1.29 is 19.1 Å². The van der Waals surface area contributed by atoms with Gasteiger partial charge in [0, 0.05) is 58.4 Å². The number of rotatable bonds is 7. The monoisotopic (exact) mass is 539 g/mol. The number of piperidine rings is 1. The van der Waals surface area contributed by atoms with Crippen LogP contribution in [0.3, 0.4) is 0 Å². The van der Waals surface area contributed by atoms with Crippen LogP contribution in [0.15, 0.2) is 48.5 Å². The number of hydrogen-bond acceptors (Lipinski definition) is 6. The standard InChI is InChI=1S/C28H34ClN5O4/c1-37-15-7-14-34-24-11-4-3-10-23(24)31-26(34)19-8-6-13-32(16-19)27(35)20-17-33(18-22(20)30)28(36)38-25-12-5-2-9-21(25)29/h2-5,9-12,19-20,22H,6-8,13-18,30H2,1H3/t19-,20?,22?/m1/s1. The molecule has 0 spiro atoms. The summed E-state index contributed by atoms with van der Waals surface area (Å²) in [6, 6.07) is 14.5. The normalized spacial score (nSPS) is 21.7. The summed E-state index contributed by atoms with van der Waals surface area (Å²) in [7, 11) is 1.71. The Balaban J connectivity index is 1.27. The van der Waals surface area contributed by atoms with Crippen LogP contribution in [0.25, 0.3) is 11.0 Å². The molecule has 0 aliphatic carbocycles. The zero-order valence-corrected chi connectivity index (χ0v) is 22.3. The van der Waals surface area contributed by atoms with Crippen molar-refractivity contribution in [1.82, 2.24) is 19.4 Å². The Bertz CT molecular complexity index is 1300. The molecule has 2 fully saturated rings. The second-order valence-corrected chi connectivity index (χ2v) is 10.5. The number of aryl methyl sites for hydroxylation is 1. The summed E-state index contributed by atoms with van der Waals surface area (Å²) in [5.41, 5.74) is 8.45. The fourth-order valence-electron chi connectivity index (χ4n) is 5.56. The van der Waals surface area contributed by atoms with Crippen molar-refractivity contribution in [2.75, 3.05) is 39.9 Å². The van der Waals surface area contributed by atoms with Gasteiger partial charge in [-0.05, 0) is 43.5 Å². The number of amides is 2. The molecule has 2 saturated heterocycles. The van der Waals surface area contributed by atoms with Crippen LogP contribution in [0.1, 0.15) is 31.0 Å². The molecule has 0 saturated carbocycles. The molecule has 0 bridgehead atoms.